The monoisotopic (exact) mass is 938 g/mol. The molecule has 0 radical (unpaired) electrons. The van der Waals surface area contributed by atoms with Crippen molar-refractivity contribution >= 4 is 41.5 Å². The average Bonchev–Trinajstić information content (AvgIpc) is 3.31. The van der Waals surface area contributed by atoms with Gasteiger partial charge in [-0.05, 0) is 61.2 Å². The molecule has 3 aromatic carbocycles. The van der Waals surface area contributed by atoms with Crippen molar-refractivity contribution in [2.45, 2.75) is 121 Å². The number of carboxylic acid groups (broad SMARTS) is 1. The molecule has 1 unspecified atom stereocenters. The molecule has 2 bridgehead atoms. The standard InChI is InChI=1S/C51H58N2O15/c1-28-35(65-39(56)24-34(30-16-10-7-11-17-30)53-45(58)31-18-12-8-13-19-31)26-51(62)44(67-47(61)32-20-14-9-15-21-32)42-49(5,43(57)41(63-6)40(28)48(51,3)4)36(66-38(55)23-22-33(52)46(59)60)25-37-50(42,27-64-37)68-29(2)54/h7-21,33-37,41-42,44,62H,22-27,52H2,1-6H3,(H,53,58)(H,59,60)/t33?,34-,35+,36+,37-,41-,42+,44+,49-,50+,51-/m1/s1. The number of hydrogen-bond donors (Lipinski definition) is 4. The summed E-state index contributed by atoms with van der Waals surface area (Å²) in [5, 5.41) is 26.2. The van der Waals surface area contributed by atoms with E-state index in [4.69, 9.17) is 34.2 Å². The van der Waals surface area contributed by atoms with E-state index in [1.165, 1.54) is 26.2 Å². The highest BCUT2D eigenvalue weighted by atomic mass is 16.6. The van der Waals surface area contributed by atoms with Gasteiger partial charge in [0.1, 0.15) is 42.2 Å². The van der Waals surface area contributed by atoms with E-state index in [2.05, 4.69) is 5.32 Å². The van der Waals surface area contributed by atoms with Gasteiger partial charge in [0.05, 0.1) is 36.0 Å². The lowest BCUT2D eigenvalue weighted by atomic mass is 9.44. The molecular weight excluding hydrogens is 881 g/mol. The maximum Gasteiger partial charge on any atom is 0.338 e. The van der Waals surface area contributed by atoms with Gasteiger partial charge in [0, 0.05) is 44.3 Å². The molecule has 0 aromatic heterocycles. The van der Waals surface area contributed by atoms with Crippen LogP contribution in [0.5, 0.6) is 0 Å². The predicted octanol–water partition coefficient (Wildman–Crippen LogP) is 4.59. The van der Waals surface area contributed by atoms with Crippen LogP contribution in [0.3, 0.4) is 0 Å². The second-order valence-electron chi connectivity index (χ2n) is 18.8. The van der Waals surface area contributed by atoms with Crippen LogP contribution < -0.4 is 11.1 Å². The molecule has 0 spiro atoms. The van der Waals surface area contributed by atoms with Crippen LogP contribution in [0, 0.1) is 16.7 Å². The van der Waals surface area contributed by atoms with Crippen molar-refractivity contribution in [3.63, 3.8) is 0 Å². The molecular formula is C51H58N2O15. The number of carbonyl (C=O) groups is 7. The quantitative estimate of drug-likeness (QED) is 0.0924. The fourth-order valence-electron chi connectivity index (χ4n) is 10.9. The molecule has 1 aliphatic heterocycles. The zero-order valence-corrected chi connectivity index (χ0v) is 38.8. The van der Waals surface area contributed by atoms with Crippen LogP contribution in [0.2, 0.25) is 0 Å². The number of carboxylic acids is 1. The van der Waals surface area contributed by atoms with Crippen molar-refractivity contribution in [2.24, 2.45) is 22.5 Å². The number of carbonyl (C=O) groups excluding carboxylic acids is 6. The first-order chi connectivity index (χ1) is 32.2. The van der Waals surface area contributed by atoms with Gasteiger partial charge in [-0.25, -0.2) is 4.79 Å². The lowest BCUT2D eigenvalue weighted by Crippen LogP contribution is -2.82. The molecule has 11 atom stereocenters. The Hall–Kier alpha value is -6.27. The van der Waals surface area contributed by atoms with Crippen LogP contribution in [-0.2, 0) is 52.4 Å². The molecule has 7 rings (SSSR count). The topological polar surface area (TPSA) is 253 Å². The van der Waals surface area contributed by atoms with E-state index in [9.17, 15) is 39.0 Å². The van der Waals surface area contributed by atoms with E-state index in [0.29, 0.717) is 16.7 Å². The smallest absolute Gasteiger partial charge is 0.338 e. The molecule has 1 heterocycles. The highest BCUT2D eigenvalue weighted by molar-refractivity contribution is 5.95. The van der Waals surface area contributed by atoms with Gasteiger partial charge >= 0.3 is 29.8 Å². The maximum absolute atomic E-state index is 15.9. The third-order valence-corrected chi connectivity index (χ3v) is 14.5. The van der Waals surface area contributed by atoms with Gasteiger partial charge in [-0.15, -0.1) is 0 Å². The van der Waals surface area contributed by atoms with E-state index in [0.717, 1.165) is 6.92 Å². The van der Waals surface area contributed by atoms with Crippen LogP contribution >= 0.6 is 0 Å². The lowest BCUT2D eigenvalue weighted by molar-refractivity contribution is -0.346. The minimum atomic E-state index is -2.31. The summed E-state index contributed by atoms with van der Waals surface area (Å²) in [6, 6.07) is 23.0. The number of ketones is 1. The first kappa shape index (κ1) is 49.6. The summed E-state index contributed by atoms with van der Waals surface area (Å²) >= 11 is 0. The van der Waals surface area contributed by atoms with Gasteiger partial charge in [0.25, 0.3) is 5.91 Å². The summed E-state index contributed by atoms with van der Waals surface area (Å²) in [4.78, 5) is 96.7. The predicted molar refractivity (Wildman–Crippen MR) is 240 cm³/mol. The van der Waals surface area contributed by atoms with Crippen LogP contribution in [0.15, 0.2) is 102 Å². The zero-order valence-electron chi connectivity index (χ0n) is 38.8. The van der Waals surface area contributed by atoms with Crippen molar-refractivity contribution in [1.29, 1.82) is 0 Å². The Morgan fingerprint density at radius 1 is 0.868 bits per heavy atom. The molecule has 3 aliphatic carbocycles. The Labute approximate surface area is 393 Å². The van der Waals surface area contributed by atoms with Crippen molar-refractivity contribution in [2.75, 3.05) is 13.7 Å². The average molecular weight is 939 g/mol. The summed E-state index contributed by atoms with van der Waals surface area (Å²) in [5.41, 5.74) is -0.349. The fraction of sp³-hybridized carbons (Fsp3) is 0.471. The number of benzene rings is 3. The molecule has 17 nitrogen and oxygen atoms in total. The van der Waals surface area contributed by atoms with E-state index in [1.54, 1.807) is 99.6 Å². The molecule has 4 aliphatic rings. The molecule has 362 valence electrons. The Morgan fingerprint density at radius 2 is 1.47 bits per heavy atom. The van der Waals surface area contributed by atoms with Crippen molar-refractivity contribution < 1.29 is 72.2 Å². The number of aliphatic hydroxyl groups is 1. The van der Waals surface area contributed by atoms with Gasteiger partial charge in [-0.2, -0.15) is 0 Å². The molecule has 3 fully saturated rings. The molecule has 2 saturated carbocycles. The second kappa shape index (κ2) is 19.4. The van der Waals surface area contributed by atoms with E-state index >= 15 is 4.79 Å². The van der Waals surface area contributed by atoms with Crippen LogP contribution in [0.4, 0.5) is 0 Å². The normalized spacial score (nSPS) is 30.0. The summed E-state index contributed by atoms with van der Waals surface area (Å²) in [5.74, 6) is -7.40. The van der Waals surface area contributed by atoms with E-state index < -0.39 is 125 Å². The summed E-state index contributed by atoms with van der Waals surface area (Å²) in [6.07, 6.45) is -8.87. The Kier molecular flexibility index (Phi) is 14.1. The molecule has 1 amide bonds. The zero-order chi connectivity index (χ0) is 49.3. The minimum Gasteiger partial charge on any atom is -0.480 e. The molecule has 3 aromatic rings. The highest BCUT2D eigenvalue weighted by Crippen LogP contribution is 2.65. The number of amides is 1. The van der Waals surface area contributed by atoms with E-state index in [-0.39, 0.29) is 37.0 Å². The maximum atomic E-state index is 15.9. The number of rotatable bonds is 15. The van der Waals surface area contributed by atoms with Crippen molar-refractivity contribution in [1.82, 2.24) is 5.32 Å². The molecule has 1 saturated heterocycles. The fourth-order valence-corrected chi connectivity index (χ4v) is 10.9. The first-order valence-electron chi connectivity index (χ1n) is 22.6. The Morgan fingerprint density at radius 3 is 2.03 bits per heavy atom. The van der Waals surface area contributed by atoms with Gasteiger partial charge in [0.15, 0.2) is 11.4 Å². The van der Waals surface area contributed by atoms with Gasteiger partial charge in [-0.3, -0.25) is 28.8 Å². The third-order valence-electron chi connectivity index (χ3n) is 14.5. The molecule has 17 heteroatoms. The largest absolute Gasteiger partial charge is 0.480 e. The van der Waals surface area contributed by atoms with Crippen LogP contribution in [-0.4, -0.2) is 113 Å². The molecule has 5 N–H and O–H groups in total. The van der Waals surface area contributed by atoms with Crippen molar-refractivity contribution in [3.05, 3.63) is 119 Å². The number of hydrogen-bond acceptors (Lipinski definition) is 15. The van der Waals surface area contributed by atoms with Gasteiger partial charge in [-0.1, -0.05) is 80.6 Å². The minimum absolute atomic E-state index is 0.0745. The number of nitrogens with one attached hydrogen (secondary N) is 1. The molecule has 68 heavy (non-hydrogen) atoms. The Balaban J connectivity index is 1.36. The van der Waals surface area contributed by atoms with Crippen molar-refractivity contribution in [3.8, 4) is 0 Å². The first-order valence-corrected chi connectivity index (χ1v) is 22.6. The van der Waals surface area contributed by atoms with Crippen LogP contribution in [0.1, 0.15) is 99.0 Å². The lowest BCUT2D eigenvalue weighted by Gasteiger charge is -2.67. The highest BCUT2D eigenvalue weighted by Gasteiger charge is 2.79. The second-order valence-corrected chi connectivity index (χ2v) is 18.8. The Bertz CT molecular complexity index is 2460. The summed E-state index contributed by atoms with van der Waals surface area (Å²) in [6.45, 7) is 7.28. The number of ether oxygens (including phenoxy) is 6. The van der Waals surface area contributed by atoms with Gasteiger partial charge < -0.3 is 49.7 Å². The number of esters is 4. The van der Waals surface area contributed by atoms with E-state index in [1.807, 2.05) is 0 Å². The SMILES string of the molecule is CO[C@H]1C(=O)[C@]2(C)[C@@H](OC(=O)CCC(N)C(=O)O)C[C@H]3OC[C@@]3(OC(C)=O)[C@H]2[C@H](OC(=O)c2ccccc2)[C@]2(O)C[C@H](OC(=O)C[C@@H](NC(=O)c3ccccc3)c3ccccc3)C(C)=C1C2(C)C. The summed E-state index contributed by atoms with van der Waals surface area (Å²) in [7, 11) is 1.29. The number of fused-ring (bicyclic) bond motifs is 5. The van der Waals surface area contributed by atoms with Crippen LogP contribution in [0.25, 0.3) is 0 Å². The summed E-state index contributed by atoms with van der Waals surface area (Å²) < 4.78 is 37.3. The number of methoxy groups -OCH3 is 1. The number of aliphatic carboxylic acids is 1. The number of nitrogens with two attached hydrogens (primary N) is 1. The number of Topliss-reactive ketones (excluding diaryl/α,β-unsaturated/α-hetero) is 1. The van der Waals surface area contributed by atoms with Gasteiger partial charge in [0.2, 0.25) is 0 Å². The third kappa shape index (κ3) is 8.95.